The normalized spacial score (nSPS) is 25.6. The van der Waals surface area contributed by atoms with E-state index in [-0.39, 0.29) is 23.1 Å². The summed E-state index contributed by atoms with van der Waals surface area (Å²) in [5, 5.41) is 2.72. The second kappa shape index (κ2) is 5.98. The van der Waals surface area contributed by atoms with Crippen LogP contribution in [0, 0.1) is 0 Å². The van der Waals surface area contributed by atoms with Crippen LogP contribution in [0.2, 0.25) is 0 Å². The SMILES string of the molecule is CCC(NC)C(C)S(=O)(=O)CC1CCCO1. The van der Waals surface area contributed by atoms with Crippen LogP contribution >= 0.6 is 0 Å². The maximum absolute atomic E-state index is 12.1. The summed E-state index contributed by atoms with van der Waals surface area (Å²) < 4.78 is 29.6. The second-order valence-corrected chi connectivity index (χ2v) is 6.88. The van der Waals surface area contributed by atoms with Gasteiger partial charge in [-0.05, 0) is 33.2 Å². The van der Waals surface area contributed by atoms with Crippen LogP contribution in [-0.4, -0.2) is 45.2 Å². The standard InChI is InChI=1S/C11H23NO3S/c1-4-11(12-3)9(2)16(13,14)8-10-6-5-7-15-10/h9-12H,4-8H2,1-3H3. The Morgan fingerprint density at radius 3 is 2.62 bits per heavy atom. The number of rotatable bonds is 6. The van der Waals surface area contributed by atoms with Crippen molar-refractivity contribution in [3.05, 3.63) is 0 Å². The molecule has 5 heteroatoms. The molecule has 0 aromatic heterocycles. The van der Waals surface area contributed by atoms with Crippen molar-refractivity contribution in [3.63, 3.8) is 0 Å². The second-order valence-electron chi connectivity index (χ2n) is 4.47. The number of hydrogen-bond donors (Lipinski definition) is 1. The summed E-state index contributed by atoms with van der Waals surface area (Å²) in [5.41, 5.74) is 0. The fraction of sp³-hybridized carbons (Fsp3) is 1.00. The van der Waals surface area contributed by atoms with Crippen molar-refractivity contribution in [2.45, 2.75) is 50.5 Å². The lowest BCUT2D eigenvalue weighted by Crippen LogP contribution is -2.42. The summed E-state index contributed by atoms with van der Waals surface area (Å²) in [4.78, 5) is 0. The molecule has 1 aliphatic heterocycles. The maximum atomic E-state index is 12.1. The van der Waals surface area contributed by atoms with Crippen LogP contribution < -0.4 is 5.32 Å². The first kappa shape index (κ1) is 13.9. The molecule has 4 nitrogen and oxygen atoms in total. The summed E-state index contributed by atoms with van der Waals surface area (Å²) in [6.07, 6.45) is 2.60. The van der Waals surface area contributed by atoms with Crippen molar-refractivity contribution in [1.29, 1.82) is 0 Å². The van der Waals surface area contributed by atoms with Gasteiger partial charge in [0.25, 0.3) is 0 Å². The van der Waals surface area contributed by atoms with Crippen molar-refractivity contribution in [1.82, 2.24) is 5.32 Å². The van der Waals surface area contributed by atoms with Crippen LogP contribution in [0.1, 0.15) is 33.1 Å². The van der Waals surface area contributed by atoms with Gasteiger partial charge in [0.05, 0.1) is 17.1 Å². The van der Waals surface area contributed by atoms with Crippen molar-refractivity contribution >= 4 is 9.84 Å². The Hall–Kier alpha value is -0.130. The Bertz CT molecular complexity index is 292. The van der Waals surface area contributed by atoms with E-state index in [1.165, 1.54) is 0 Å². The van der Waals surface area contributed by atoms with Gasteiger partial charge >= 0.3 is 0 Å². The van der Waals surface area contributed by atoms with Gasteiger partial charge in [-0.25, -0.2) is 8.42 Å². The monoisotopic (exact) mass is 249 g/mol. The van der Waals surface area contributed by atoms with Gasteiger partial charge in [0.2, 0.25) is 0 Å². The summed E-state index contributed by atoms with van der Waals surface area (Å²) in [6.45, 7) is 4.49. The van der Waals surface area contributed by atoms with Gasteiger partial charge < -0.3 is 10.1 Å². The third-order valence-corrected chi connectivity index (χ3v) is 5.68. The predicted molar refractivity (Wildman–Crippen MR) is 65.4 cm³/mol. The van der Waals surface area contributed by atoms with Gasteiger partial charge in [0.1, 0.15) is 0 Å². The molecule has 1 saturated heterocycles. The highest BCUT2D eigenvalue weighted by Crippen LogP contribution is 2.18. The smallest absolute Gasteiger partial charge is 0.156 e. The molecule has 96 valence electrons. The molecule has 1 fully saturated rings. The minimum atomic E-state index is -3.05. The fourth-order valence-corrected chi connectivity index (χ4v) is 4.12. The number of ether oxygens (including phenoxy) is 1. The van der Waals surface area contributed by atoms with Crippen LogP contribution in [0.15, 0.2) is 0 Å². The summed E-state index contributed by atoms with van der Waals surface area (Å²) in [6, 6.07) is 0.0337. The minimum Gasteiger partial charge on any atom is -0.377 e. The van der Waals surface area contributed by atoms with Gasteiger partial charge in [0.15, 0.2) is 9.84 Å². The molecule has 1 aliphatic rings. The zero-order valence-electron chi connectivity index (χ0n) is 10.4. The van der Waals surface area contributed by atoms with E-state index in [1.54, 1.807) is 6.92 Å². The molecular formula is C11H23NO3S. The molecule has 0 aromatic rings. The predicted octanol–water partition coefficient (Wildman–Crippen LogP) is 0.967. The first-order valence-corrected chi connectivity index (χ1v) is 7.73. The highest BCUT2D eigenvalue weighted by Gasteiger charge is 2.31. The van der Waals surface area contributed by atoms with E-state index in [1.807, 2.05) is 14.0 Å². The molecule has 0 bridgehead atoms. The van der Waals surface area contributed by atoms with Crippen molar-refractivity contribution < 1.29 is 13.2 Å². The van der Waals surface area contributed by atoms with E-state index in [2.05, 4.69) is 5.32 Å². The molecule has 16 heavy (non-hydrogen) atoms. The maximum Gasteiger partial charge on any atom is 0.156 e. The largest absolute Gasteiger partial charge is 0.377 e. The lowest BCUT2D eigenvalue weighted by Gasteiger charge is -2.23. The topological polar surface area (TPSA) is 55.4 Å². The van der Waals surface area contributed by atoms with Crippen LogP contribution in [0.5, 0.6) is 0 Å². The van der Waals surface area contributed by atoms with Crippen LogP contribution in [0.3, 0.4) is 0 Å². The summed E-state index contributed by atoms with van der Waals surface area (Å²) >= 11 is 0. The molecule has 0 amide bonds. The zero-order chi connectivity index (χ0) is 12.2. The fourth-order valence-electron chi connectivity index (χ4n) is 2.21. The molecule has 3 atom stereocenters. The highest BCUT2D eigenvalue weighted by atomic mass is 32.2. The molecular weight excluding hydrogens is 226 g/mol. The van der Waals surface area contributed by atoms with E-state index < -0.39 is 9.84 Å². The van der Waals surface area contributed by atoms with Gasteiger partial charge in [-0.15, -0.1) is 0 Å². The van der Waals surface area contributed by atoms with Crippen molar-refractivity contribution in [3.8, 4) is 0 Å². The van der Waals surface area contributed by atoms with E-state index >= 15 is 0 Å². The van der Waals surface area contributed by atoms with Gasteiger partial charge in [-0.2, -0.15) is 0 Å². The molecule has 0 aliphatic carbocycles. The number of nitrogens with one attached hydrogen (secondary N) is 1. The van der Waals surface area contributed by atoms with Crippen molar-refractivity contribution in [2.75, 3.05) is 19.4 Å². The third-order valence-electron chi connectivity index (χ3n) is 3.39. The average molecular weight is 249 g/mol. The third kappa shape index (κ3) is 3.43. The molecule has 1 rings (SSSR count). The quantitative estimate of drug-likeness (QED) is 0.762. The Balaban J connectivity index is 2.60. The summed E-state index contributed by atoms with van der Waals surface area (Å²) in [5.74, 6) is 0.173. The van der Waals surface area contributed by atoms with E-state index in [4.69, 9.17) is 4.74 Å². The molecule has 1 N–H and O–H groups in total. The van der Waals surface area contributed by atoms with E-state index in [0.29, 0.717) is 6.61 Å². The van der Waals surface area contributed by atoms with Gasteiger partial charge in [-0.1, -0.05) is 6.92 Å². The molecule has 0 radical (unpaired) electrons. The Kier molecular flexibility index (Phi) is 5.21. The molecule has 0 aromatic carbocycles. The summed E-state index contributed by atoms with van der Waals surface area (Å²) in [7, 11) is -1.24. The van der Waals surface area contributed by atoms with E-state index in [9.17, 15) is 8.42 Å². The van der Waals surface area contributed by atoms with Crippen LogP contribution in [0.4, 0.5) is 0 Å². The van der Waals surface area contributed by atoms with Crippen LogP contribution in [-0.2, 0) is 14.6 Å². The Labute approximate surface area is 98.7 Å². The molecule has 0 spiro atoms. The molecule has 0 saturated carbocycles. The number of hydrogen-bond acceptors (Lipinski definition) is 4. The van der Waals surface area contributed by atoms with Crippen LogP contribution in [0.25, 0.3) is 0 Å². The lowest BCUT2D eigenvalue weighted by molar-refractivity contribution is 0.127. The Morgan fingerprint density at radius 1 is 1.50 bits per heavy atom. The van der Waals surface area contributed by atoms with Crippen molar-refractivity contribution in [2.24, 2.45) is 0 Å². The minimum absolute atomic E-state index is 0.0337. The zero-order valence-corrected chi connectivity index (χ0v) is 11.2. The highest BCUT2D eigenvalue weighted by molar-refractivity contribution is 7.92. The van der Waals surface area contributed by atoms with Gasteiger partial charge in [0, 0.05) is 12.6 Å². The first-order chi connectivity index (χ1) is 7.51. The van der Waals surface area contributed by atoms with Gasteiger partial charge in [-0.3, -0.25) is 0 Å². The van der Waals surface area contributed by atoms with E-state index in [0.717, 1.165) is 19.3 Å². The lowest BCUT2D eigenvalue weighted by atomic mass is 10.2. The molecule has 3 unspecified atom stereocenters. The Morgan fingerprint density at radius 2 is 2.19 bits per heavy atom. The molecule has 1 heterocycles. The first-order valence-electron chi connectivity index (χ1n) is 6.01. The average Bonchev–Trinajstić information content (AvgIpc) is 2.71. The number of sulfone groups is 1.